The zero-order chi connectivity index (χ0) is 13.3. The Labute approximate surface area is 106 Å². The van der Waals surface area contributed by atoms with E-state index in [1.54, 1.807) is 38.2 Å². The van der Waals surface area contributed by atoms with Gasteiger partial charge in [0.25, 0.3) is 0 Å². The fourth-order valence-electron chi connectivity index (χ4n) is 1.88. The molecule has 0 saturated carbocycles. The average molecular weight is 265 g/mol. The molecule has 0 saturated heterocycles. The van der Waals surface area contributed by atoms with E-state index in [2.05, 4.69) is 4.98 Å². The van der Waals surface area contributed by atoms with Crippen LogP contribution in [0.5, 0.6) is 0 Å². The van der Waals surface area contributed by atoms with Crippen molar-refractivity contribution in [2.45, 2.75) is 25.2 Å². The van der Waals surface area contributed by atoms with E-state index in [-0.39, 0.29) is 16.4 Å². The van der Waals surface area contributed by atoms with Crippen LogP contribution in [0.4, 0.5) is 0 Å². The number of sulfone groups is 1. The van der Waals surface area contributed by atoms with Gasteiger partial charge in [0, 0.05) is 29.1 Å². The zero-order valence-corrected chi connectivity index (χ0v) is 11.2. The van der Waals surface area contributed by atoms with Gasteiger partial charge in [-0.3, -0.25) is 4.79 Å². The second-order valence-corrected chi connectivity index (χ2v) is 6.37. The lowest BCUT2D eigenvalue weighted by atomic mass is 10.1. The summed E-state index contributed by atoms with van der Waals surface area (Å²) < 4.78 is 23.6. The summed E-state index contributed by atoms with van der Waals surface area (Å²) in [6, 6.07) is 4.84. The van der Waals surface area contributed by atoms with Crippen molar-refractivity contribution in [1.29, 1.82) is 0 Å². The van der Waals surface area contributed by atoms with Crippen LogP contribution >= 0.6 is 0 Å². The lowest BCUT2D eigenvalue weighted by Crippen LogP contribution is -2.03. The van der Waals surface area contributed by atoms with Crippen LogP contribution in [0, 0.1) is 0 Å². The molecular formula is C13H15NO3S. The van der Waals surface area contributed by atoms with Crippen molar-refractivity contribution < 1.29 is 13.2 Å². The van der Waals surface area contributed by atoms with Crippen molar-refractivity contribution >= 4 is 26.5 Å². The average Bonchev–Trinajstić information content (AvgIpc) is 2.80. The van der Waals surface area contributed by atoms with Crippen LogP contribution in [0.15, 0.2) is 29.3 Å². The number of Topliss-reactive ketones (excluding diaryl/α,β-unsaturated/α-hetero) is 1. The summed E-state index contributed by atoms with van der Waals surface area (Å²) in [6.07, 6.45) is 2.04. The van der Waals surface area contributed by atoms with Gasteiger partial charge in [0.2, 0.25) is 0 Å². The van der Waals surface area contributed by atoms with Crippen LogP contribution in [-0.4, -0.2) is 24.9 Å². The van der Waals surface area contributed by atoms with Crippen molar-refractivity contribution in [2.75, 3.05) is 5.75 Å². The number of benzene rings is 1. The molecule has 0 unspecified atom stereocenters. The van der Waals surface area contributed by atoms with Crippen molar-refractivity contribution in [2.24, 2.45) is 0 Å². The van der Waals surface area contributed by atoms with Crippen LogP contribution < -0.4 is 0 Å². The third kappa shape index (κ3) is 2.06. The minimum absolute atomic E-state index is 0.00676. The summed E-state index contributed by atoms with van der Waals surface area (Å²) in [5.74, 6) is 0.0623. The molecule has 0 bridgehead atoms. The molecule has 0 spiro atoms. The van der Waals surface area contributed by atoms with Gasteiger partial charge in [-0.25, -0.2) is 8.42 Å². The third-order valence-corrected chi connectivity index (χ3v) is 4.75. The molecule has 0 fully saturated rings. The number of H-pyrrole nitrogens is 1. The SMILES string of the molecule is CCC(=O)c1c[nH]c2ccc(S(=O)(=O)CC)cc12. The van der Waals surface area contributed by atoms with E-state index >= 15 is 0 Å². The first-order chi connectivity index (χ1) is 8.49. The monoisotopic (exact) mass is 265 g/mol. The van der Waals surface area contributed by atoms with Crippen molar-refractivity contribution in [1.82, 2.24) is 4.98 Å². The molecule has 1 aromatic carbocycles. The highest BCUT2D eigenvalue weighted by atomic mass is 32.2. The number of aromatic nitrogens is 1. The maximum Gasteiger partial charge on any atom is 0.178 e. The minimum Gasteiger partial charge on any atom is -0.360 e. The van der Waals surface area contributed by atoms with E-state index in [0.717, 1.165) is 5.52 Å². The van der Waals surface area contributed by atoms with Crippen LogP contribution in [0.3, 0.4) is 0 Å². The maximum absolute atomic E-state index is 11.8. The Hall–Kier alpha value is -1.62. The van der Waals surface area contributed by atoms with Gasteiger partial charge >= 0.3 is 0 Å². The molecule has 1 aromatic heterocycles. The largest absolute Gasteiger partial charge is 0.360 e. The smallest absolute Gasteiger partial charge is 0.178 e. The number of carbonyl (C=O) groups excluding carboxylic acids is 1. The molecule has 2 aromatic rings. The quantitative estimate of drug-likeness (QED) is 0.864. The number of aromatic amines is 1. The van der Waals surface area contributed by atoms with Crippen LogP contribution in [0.2, 0.25) is 0 Å². The number of carbonyl (C=O) groups is 1. The van der Waals surface area contributed by atoms with E-state index in [9.17, 15) is 13.2 Å². The fraction of sp³-hybridized carbons (Fsp3) is 0.308. The van der Waals surface area contributed by atoms with E-state index < -0.39 is 9.84 Å². The van der Waals surface area contributed by atoms with Crippen molar-refractivity contribution in [3.8, 4) is 0 Å². The Morgan fingerprint density at radius 2 is 2.00 bits per heavy atom. The van der Waals surface area contributed by atoms with Gasteiger partial charge in [-0.15, -0.1) is 0 Å². The molecule has 18 heavy (non-hydrogen) atoms. The number of ketones is 1. The summed E-state index contributed by atoms with van der Waals surface area (Å²) in [7, 11) is -3.24. The third-order valence-electron chi connectivity index (χ3n) is 3.01. The fourth-order valence-corrected chi connectivity index (χ4v) is 2.79. The van der Waals surface area contributed by atoms with Gasteiger partial charge in [0.05, 0.1) is 10.6 Å². The molecule has 1 heterocycles. The first kappa shape index (κ1) is 12.8. The standard InChI is InChI=1S/C13H15NO3S/c1-3-13(15)11-8-14-12-6-5-9(7-10(11)12)18(16,17)4-2/h5-8,14H,3-4H2,1-2H3. The molecule has 0 atom stereocenters. The Morgan fingerprint density at radius 1 is 1.28 bits per heavy atom. The minimum atomic E-state index is -3.24. The van der Waals surface area contributed by atoms with Crippen molar-refractivity contribution in [3.63, 3.8) is 0 Å². The molecule has 0 aliphatic carbocycles. The van der Waals surface area contributed by atoms with E-state index in [0.29, 0.717) is 17.4 Å². The summed E-state index contributed by atoms with van der Waals surface area (Å²) in [4.78, 5) is 15.0. The Morgan fingerprint density at radius 3 is 2.61 bits per heavy atom. The van der Waals surface area contributed by atoms with E-state index in [4.69, 9.17) is 0 Å². The van der Waals surface area contributed by atoms with Crippen LogP contribution in [0.1, 0.15) is 30.6 Å². The second kappa shape index (κ2) is 4.57. The molecule has 0 amide bonds. The van der Waals surface area contributed by atoms with Gasteiger partial charge in [-0.2, -0.15) is 0 Å². The normalized spacial score (nSPS) is 11.9. The van der Waals surface area contributed by atoms with Gasteiger partial charge in [0.15, 0.2) is 15.6 Å². The molecular weight excluding hydrogens is 250 g/mol. The Balaban J connectivity index is 2.67. The van der Waals surface area contributed by atoms with E-state index in [1.807, 2.05) is 0 Å². The number of hydrogen-bond donors (Lipinski definition) is 1. The number of fused-ring (bicyclic) bond motifs is 1. The molecule has 0 aliphatic rings. The molecule has 1 N–H and O–H groups in total. The predicted octanol–water partition coefficient (Wildman–Crippen LogP) is 2.55. The predicted molar refractivity (Wildman–Crippen MR) is 70.6 cm³/mol. The molecule has 5 heteroatoms. The zero-order valence-electron chi connectivity index (χ0n) is 10.4. The number of nitrogens with one attached hydrogen (secondary N) is 1. The number of rotatable bonds is 4. The summed E-state index contributed by atoms with van der Waals surface area (Å²) >= 11 is 0. The molecule has 4 nitrogen and oxygen atoms in total. The Kier molecular flexibility index (Phi) is 3.26. The Bertz CT molecular complexity index is 698. The lowest BCUT2D eigenvalue weighted by molar-refractivity contribution is 0.0990. The molecule has 0 aliphatic heterocycles. The highest BCUT2D eigenvalue weighted by molar-refractivity contribution is 7.91. The van der Waals surface area contributed by atoms with Crippen molar-refractivity contribution in [3.05, 3.63) is 30.0 Å². The molecule has 96 valence electrons. The topological polar surface area (TPSA) is 67.0 Å². The van der Waals surface area contributed by atoms with Crippen LogP contribution in [-0.2, 0) is 9.84 Å². The molecule has 0 radical (unpaired) electrons. The summed E-state index contributed by atoms with van der Waals surface area (Å²) in [6.45, 7) is 3.39. The first-order valence-corrected chi connectivity index (χ1v) is 7.52. The lowest BCUT2D eigenvalue weighted by Gasteiger charge is -2.02. The maximum atomic E-state index is 11.8. The van der Waals surface area contributed by atoms with Gasteiger partial charge < -0.3 is 4.98 Å². The summed E-state index contributed by atoms with van der Waals surface area (Å²) in [5.41, 5.74) is 1.34. The first-order valence-electron chi connectivity index (χ1n) is 5.86. The van der Waals surface area contributed by atoms with Gasteiger partial charge in [0.1, 0.15) is 0 Å². The van der Waals surface area contributed by atoms with Crippen LogP contribution in [0.25, 0.3) is 10.9 Å². The second-order valence-electron chi connectivity index (χ2n) is 4.09. The highest BCUT2D eigenvalue weighted by Crippen LogP contribution is 2.23. The summed E-state index contributed by atoms with van der Waals surface area (Å²) in [5, 5.41) is 0.677. The highest BCUT2D eigenvalue weighted by Gasteiger charge is 2.15. The van der Waals surface area contributed by atoms with Gasteiger partial charge in [-0.1, -0.05) is 13.8 Å². The number of hydrogen-bond acceptors (Lipinski definition) is 3. The molecule has 2 rings (SSSR count). The van der Waals surface area contributed by atoms with E-state index in [1.165, 1.54) is 0 Å². The van der Waals surface area contributed by atoms with Gasteiger partial charge in [-0.05, 0) is 18.2 Å².